The second kappa shape index (κ2) is 30.6. The van der Waals surface area contributed by atoms with Crippen molar-refractivity contribution in [3.05, 3.63) is 6.92 Å². The fourth-order valence-corrected chi connectivity index (χ4v) is 2.69. The Kier molecular flexibility index (Phi) is 43.1. The molecular weight excluding hydrogens is 761 g/mol. The minimum Gasteiger partial charge on any atom is -1.00 e. The molecule has 0 unspecified atom stereocenters. The predicted molar refractivity (Wildman–Crippen MR) is 129 cm³/mol. The Hall–Kier alpha value is 2.81. The van der Waals surface area contributed by atoms with E-state index in [1.165, 1.54) is 53.1 Å². The number of ketones is 1. The van der Waals surface area contributed by atoms with Crippen LogP contribution in [-0.4, -0.2) is 122 Å². The number of nitrogens with zero attached hydrogens (tertiary/aromatic N) is 4. The summed E-state index contributed by atoms with van der Waals surface area (Å²) in [6, 6.07) is 0. The summed E-state index contributed by atoms with van der Waals surface area (Å²) in [6.07, 6.45) is -4.48. The molecule has 0 radical (unpaired) electrons. The van der Waals surface area contributed by atoms with Gasteiger partial charge in [0.05, 0.1) is 13.3 Å². The van der Waals surface area contributed by atoms with E-state index >= 15 is 0 Å². The zero-order chi connectivity index (χ0) is 32.5. The molecule has 2 fully saturated rings. The molecule has 0 aromatic rings. The summed E-state index contributed by atoms with van der Waals surface area (Å²) in [5.41, 5.74) is 0. The number of carbonyl (C=O) groups is 1. The van der Waals surface area contributed by atoms with Gasteiger partial charge in [-0.3, -0.25) is 24.6 Å². The van der Waals surface area contributed by atoms with E-state index in [0.29, 0.717) is 0 Å². The number of alkyl halides is 6. The number of halogens is 10. The van der Waals surface area contributed by atoms with Crippen LogP contribution in [0.5, 0.6) is 0 Å². The molecule has 2 saturated heterocycles. The number of carbonyl (C=O) groups excluding carboxylic acids is 1. The van der Waals surface area contributed by atoms with Crippen LogP contribution in [0, 0.1) is 6.92 Å². The zero-order valence-electron chi connectivity index (χ0n) is 25.7. The maximum absolute atomic E-state index is 11.7. The summed E-state index contributed by atoms with van der Waals surface area (Å²) < 4.78 is 122. The Morgan fingerprint density at radius 2 is 1.18 bits per heavy atom. The molecule has 44 heavy (non-hydrogen) atoms. The van der Waals surface area contributed by atoms with Gasteiger partial charge in [0.25, 0.3) is 0 Å². The molecule has 25 heteroatoms. The summed E-state index contributed by atoms with van der Waals surface area (Å²) in [4.78, 5) is 19.0. The van der Waals surface area contributed by atoms with Crippen LogP contribution in [0.25, 0.3) is 0 Å². The average Bonchev–Trinajstić information content (AvgIpc) is 3.40. The molecule has 2 aliphatic rings. The number of hydrogen-bond acceptors (Lipinski definition) is 11. The van der Waals surface area contributed by atoms with Gasteiger partial charge in [0.15, 0.2) is 17.0 Å². The predicted octanol–water partition coefficient (Wildman–Crippen LogP) is -9.45. The summed E-state index contributed by atoms with van der Waals surface area (Å²) in [5.74, 6) is 0.167. The summed E-state index contributed by atoms with van der Waals surface area (Å²) >= 11 is -5.83. The van der Waals surface area contributed by atoms with Crippen LogP contribution >= 0.6 is 11.1 Å². The molecule has 0 bridgehead atoms. The van der Waals surface area contributed by atoms with E-state index in [2.05, 4.69) is 56.9 Å². The molecule has 11 nitrogen and oxygen atoms in total. The van der Waals surface area contributed by atoms with E-state index in [9.17, 15) is 51.9 Å². The van der Waals surface area contributed by atoms with Gasteiger partial charge in [0, 0.05) is 26.2 Å². The largest absolute Gasteiger partial charge is 1.00 e. The van der Waals surface area contributed by atoms with Crippen LogP contribution in [0.3, 0.4) is 0 Å². The topological polar surface area (TPSA) is 129 Å². The molecule has 0 aromatic carbocycles. The zero-order valence-corrected chi connectivity index (χ0v) is 35.1. The number of rotatable bonds is 7. The molecule has 2 rings (SSSR count). The Morgan fingerprint density at radius 3 is 1.25 bits per heavy atom. The molecule has 0 spiro atoms. The normalized spacial score (nSPS) is 16.3. The molecule has 0 aliphatic carbocycles. The summed E-state index contributed by atoms with van der Waals surface area (Å²) in [5, 5.41) is 0.921. The van der Waals surface area contributed by atoms with E-state index in [1.807, 2.05) is 0 Å². The molecule has 0 saturated carbocycles. The van der Waals surface area contributed by atoms with Crippen molar-refractivity contribution in [3.63, 3.8) is 0 Å². The van der Waals surface area contributed by atoms with Crippen LogP contribution in [0.15, 0.2) is 0 Å². The minimum atomic E-state index is -6.23. The summed E-state index contributed by atoms with van der Waals surface area (Å²) in [7, 11) is -1.91. The molecule has 2 heterocycles. The van der Waals surface area contributed by atoms with Gasteiger partial charge in [0.2, 0.25) is 0 Å². The first-order chi connectivity index (χ1) is 17.9. The van der Waals surface area contributed by atoms with Gasteiger partial charge < -0.3 is 39.4 Å². The maximum Gasteiger partial charge on any atom is 1.00 e. The van der Waals surface area contributed by atoms with E-state index in [1.54, 1.807) is 6.92 Å². The first-order valence-electron chi connectivity index (χ1n) is 11.2. The first kappa shape index (κ1) is 62.0. The quantitative estimate of drug-likeness (QED) is 0.0609. The van der Waals surface area contributed by atoms with Crippen molar-refractivity contribution in [2.45, 2.75) is 44.6 Å². The van der Waals surface area contributed by atoms with Gasteiger partial charge in [-0.2, -0.15) is 8.78 Å². The van der Waals surface area contributed by atoms with Crippen molar-refractivity contribution in [1.29, 1.82) is 0 Å². The van der Waals surface area contributed by atoms with E-state index in [4.69, 9.17) is 5.26 Å². The van der Waals surface area contributed by atoms with Gasteiger partial charge in [-0.25, -0.2) is 17.2 Å². The number of likely N-dealkylation sites (N-methyl/N-ethyl adjacent to an activating group) is 4. The fourth-order valence-electron chi connectivity index (χ4n) is 2.30. The van der Waals surface area contributed by atoms with Crippen LogP contribution in [0.1, 0.15) is 27.7 Å². The van der Waals surface area contributed by atoms with E-state index in [-0.39, 0.29) is 133 Å². The van der Waals surface area contributed by atoms with Gasteiger partial charge in [-0.15, -0.1) is 20.9 Å². The fraction of sp³-hybridized carbons (Fsp3) is 0.895. The molecule has 0 amide bonds. The Labute approximate surface area is 353 Å². The monoisotopic (exact) mass is 797 g/mol. The third kappa shape index (κ3) is 30.8. The van der Waals surface area contributed by atoms with Crippen LogP contribution < -0.4 is 133 Å². The molecule has 2 aliphatic heterocycles. The number of hydrogen-bond donors (Lipinski definition) is 0. The van der Waals surface area contributed by atoms with Crippen molar-refractivity contribution < 1.29 is 194 Å². The van der Waals surface area contributed by atoms with Crippen molar-refractivity contribution >= 4 is 27.0 Å². The number of Topliss-reactive ketones (excluding diaryl/α,β-unsaturated/α-hetero) is 1. The molecule has 0 aromatic heterocycles. The van der Waals surface area contributed by atoms with Gasteiger partial charge in [-0.1, -0.05) is 13.8 Å². The second-order valence-electron chi connectivity index (χ2n) is 8.28. The molecule has 0 N–H and O–H groups in total. The molecule has 260 valence electrons. The van der Waals surface area contributed by atoms with Crippen molar-refractivity contribution in [1.82, 2.24) is 19.6 Å². The third-order valence-electron chi connectivity index (χ3n) is 4.42. The average molecular weight is 799 g/mol. The molecular formula is C19H37Cl2F8K2N4O7S2-. The standard InChI is InChI=1S/2C6H14N2.C3H6O.2C2H2F4O3S.2ClH.2K/c2*1-3-8-5-4-7(2)6-8;1-3(2)4;1-2(3,4)10(5,6)9-8-7;3-1(4)2(5,6)10(7,8)9;;;;/h2*3-6H2,1-2H3;1-2H3;1H2;1H,(H,7,8,9);2*1H;;/q;;;;;;;2*+1/p-3. The first-order valence-corrected chi connectivity index (χ1v) is 14.0. The Morgan fingerprint density at radius 1 is 0.886 bits per heavy atom. The van der Waals surface area contributed by atoms with E-state index < -0.39 is 38.1 Å². The third-order valence-corrected chi connectivity index (χ3v) is 6.19. The SMILES string of the molecule is CC(C)=O.CCN1CCN(C)C1.CCN1CCN(C)C1.O=S(=O)([O-])C(F)(F)C(F)F.[CH2+]C(F)(F)S(F)(F)OO[O-].[Cl-].[Cl-].[K+].[K+]. The van der Waals surface area contributed by atoms with Crippen LogP contribution in [0.2, 0.25) is 0 Å². The van der Waals surface area contributed by atoms with Crippen molar-refractivity contribution in [3.8, 4) is 0 Å². The van der Waals surface area contributed by atoms with Crippen LogP contribution in [-0.2, 0) is 24.3 Å². The Bertz CT molecular complexity index is 796. The Balaban J connectivity index is -0.0000000776. The second-order valence-corrected chi connectivity index (χ2v) is 11.3. The summed E-state index contributed by atoms with van der Waals surface area (Å²) in [6.45, 7) is 19.0. The van der Waals surface area contributed by atoms with Crippen molar-refractivity contribution in [2.75, 3.05) is 66.7 Å². The van der Waals surface area contributed by atoms with Crippen LogP contribution in [0.4, 0.5) is 34.1 Å². The van der Waals surface area contributed by atoms with Gasteiger partial charge >= 0.3 is 131 Å². The van der Waals surface area contributed by atoms with Gasteiger partial charge in [-0.05, 0) is 41.0 Å². The minimum absolute atomic E-state index is 0. The van der Waals surface area contributed by atoms with Gasteiger partial charge in [0.1, 0.15) is 5.78 Å². The molecule has 0 atom stereocenters. The van der Waals surface area contributed by atoms with E-state index in [0.717, 1.165) is 13.3 Å². The maximum atomic E-state index is 11.7. The van der Waals surface area contributed by atoms with Crippen molar-refractivity contribution in [2.24, 2.45) is 0 Å². The smallest absolute Gasteiger partial charge is 1.00 e.